The van der Waals surface area contributed by atoms with Gasteiger partial charge in [-0.05, 0) is 22.9 Å². The molecule has 0 radical (unpaired) electrons. The number of thiophene rings is 2. The lowest BCUT2D eigenvalue weighted by molar-refractivity contribution is -0.938. The molecule has 218 valence electrons. The summed E-state index contributed by atoms with van der Waals surface area (Å²) in [5.41, 5.74) is -1.72. The van der Waals surface area contributed by atoms with Gasteiger partial charge in [0, 0.05) is 12.8 Å². The molecule has 7 N–H and O–H groups in total. The molecule has 1 unspecified atom stereocenters. The summed E-state index contributed by atoms with van der Waals surface area (Å²) in [5.74, 6) is -0.561. The fraction of sp³-hybridized carbons (Fsp3) is 0.526. The molecule has 3 aliphatic heterocycles. The van der Waals surface area contributed by atoms with Crippen molar-refractivity contribution in [1.29, 1.82) is 0 Å². The third kappa shape index (κ3) is 8.46. The van der Waals surface area contributed by atoms with Crippen LogP contribution in [0.15, 0.2) is 35.0 Å². The van der Waals surface area contributed by atoms with Gasteiger partial charge in [0.2, 0.25) is 5.60 Å². The van der Waals surface area contributed by atoms with E-state index in [0.29, 0.717) is 34.0 Å². The second-order valence-corrected chi connectivity index (χ2v) is 12.6. The Hall–Kier alpha value is -1.07. The van der Waals surface area contributed by atoms with Crippen LogP contribution >= 0.6 is 39.7 Å². The van der Waals surface area contributed by atoms with Crippen molar-refractivity contribution in [3.8, 4) is 0 Å². The molecule has 2 aromatic heterocycles. The predicted octanol–water partition coefficient (Wildman–Crippen LogP) is 0.793. The number of likely N-dealkylation sites (N-methyl/N-ethyl adjacent to an activating group) is 1. The van der Waals surface area contributed by atoms with Crippen molar-refractivity contribution in [2.45, 2.75) is 48.8 Å². The van der Waals surface area contributed by atoms with Gasteiger partial charge in [-0.25, -0.2) is 4.79 Å². The van der Waals surface area contributed by atoms with Crippen molar-refractivity contribution in [2.75, 3.05) is 14.1 Å². The van der Waals surface area contributed by atoms with Crippen LogP contribution < -0.4 is 0 Å². The maximum Gasteiger partial charge on any atom is 0.394 e. The van der Waals surface area contributed by atoms with Gasteiger partial charge in [-0.15, -0.1) is 39.7 Å². The number of ether oxygens (including phenoxy) is 2. The lowest BCUT2D eigenvalue weighted by Crippen LogP contribution is -2.60. The first kappa shape index (κ1) is 35.0. The number of piperidine rings is 1. The van der Waals surface area contributed by atoms with E-state index in [1.807, 2.05) is 22.9 Å². The Morgan fingerprint density at radius 1 is 0.947 bits per heavy atom. The highest BCUT2D eigenvalue weighted by Crippen LogP contribution is 2.52. The van der Waals surface area contributed by atoms with Crippen LogP contribution in [0.4, 0.5) is 0 Å². The Balaban J connectivity index is 0.000000521. The number of hydrogen-bond donors (Lipinski definition) is 5. The number of hydrogen-bond acceptors (Lipinski definition) is 10. The van der Waals surface area contributed by atoms with Crippen molar-refractivity contribution in [1.82, 2.24) is 0 Å². The van der Waals surface area contributed by atoms with Gasteiger partial charge in [0.15, 0.2) is 0 Å². The van der Waals surface area contributed by atoms with Crippen molar-refractivity contribution in [2.24, 2.45) is 0 Å². The number of esters is 1. The summed E-state index contributed by atoms with van der Waals surface area (Å²) in [7, 11) is -4.84. The highest BCUT2D eigenvalue weighted by atomic mass is 79.9. The molecule has 0 amide bonds. The zero-order chi connectivity index (χ0) is 27.1. The zero-order valence-electron chi connectivity index (χ0n) is 19.8. The van der Waals surface area contributed by atoms with E-state index in [-0.39, 0.29) is 28.6 Å². The number of halogens is 1. The normalized spacial score (nSPS) is 26.6. The molecule has 3 aliphatic rings. The standard InChI is InChI=1S/C19H22NO4S2.BrH.2H2O4S.H2O/c1-20(2)12-9-11(10-13(20)17-16(12)24-17)23-18(21)19(22,14-5-3-7-25-14)15-6-4-8-26-15;;2*1-5(2,3)4;/h3-8,11-13,16-17,22H,9-10H2,1-2H3;1H;2*(H2,1,2,3,4);1H2/q+1;;;;/t11?,12-,13+,16-,17+;;;;. The van der Waals surface area contributed by atoms with Crippen LogP contribution in [-0.2, 0) is 40.7 Å². The number of fused-ring (bicyclic) bond motifs is 5. The highest BCUT2D eigenvalue weighted by Gasteiger charge is 2.71. The minimum absolute atomic E-state index is 0. The maximum atomic E-state index is 13.1. The van der Waals surface area contributed by atoms with E-state index in [0.717, 1.165) is 17.3 Å². The van der Waals surface area contributed by atoms with Crippen LogP contribution in [0.1, 0.15) is 22.6 Å². The van der Waals surface area contributed by atoms with E-state index in [9.17, 15) is 9.90 Å². The maximum absolute atomic E-state index is 13.1. The Kier molecular flexibility index (Phi) is 11.6. The Labute approximate surface area is 237 Å². The smallest absolute Gasteiger partial charge is 0.394 e. The summed E-state index contributed by atoms with van der Waals surface area (Å²) in [6.45, 7) is 0. The SMILES string of the molecule is Br.C[N+]1(C)[C@@H]2CC(OC(=O)C(O)(c3cccs3)c3cccs3)C[C@H]1[C@@H]1O[C@@H]12.O.O=S(=O)(O)O.O=S(=O)(O)O. The molecule has 0 spiro atoms. The third-order valence-corrected chi connectivity index (χ3v) is 8.32. The Bertz CT molecular complexity index is 1170. The molecule has 0 saturated carbocycles. The summed E-state index contributed by atoms with van der Waals surface area (Å²) in [5, 5.41) is 15.1. The molecule has 0 aliphatic carbocycles. The van der Waals surface area contributed by atoms with Crippen LogP contribution in [0.25, 0.3) is 0 Å². The lowest BCUT2D eigenvalue weighted by Gasteiger charge is -2.45. The second-order valence-electron chi connectivity index (χ2n) is 8.89. The number of nitrogens with zero attached hydrogens (tertiary/aromatic N) is 1. The molecule has 3 fully saturated rings. The van der Waals surface area contributed by atoms with E-state index >= 15 is 0 Å². The fourth-order valence-electron chi connectivity index (χ4n) is 4.83. The molecule has 0 aromatic carbocycles. The van der Waals surface area contributed by atoms with Gasteiger partial charge in [-0.2, -0.15) is 16.8 Å². The minimum Gasteiger partial charge on any atom is -0.459 e. The molecular weight excluding hydrogens is 658 g/mol. The third-order valence-electron chi connectivity index (χ3n) is 6.36. The number of aliphatic hydroxyl groups is 1. The monoisotopic (exact) mass is 686 g/mol. The van der Waals surface area contributed by atoms with E-state index in [2.05, 4.69) is 14.1 Å². The molecule has 2 aromatic rings. The molecule has 14 nitrogen and oxygen atoms in total. The number of carbonyl (C=O) groups is 1. The van der Waals surface area contributed by atoms with Crippen molar-refractivity contribution in [3.63, 3.8) is 0 Å². The zero-order valence-corrected chi connectivity index (χ0v) is 24.8. The molecule has 5 atom stereocenters. The summed E-state index contributed by atoms with van der Waals surface area (Å²) in [4.78, 5) is 14.3. The molecular formula is C19H29BrNO13S4+. The van der Waals surface area contributed by atoms with Crippen LogP contribution in [0.2, 0.25) is 0 Å². The van der Waals surface area contributed by atoms with Gasteiger partial charge in [0.25, 0.3) is 0 Å². The average molecular weight is 688 g/mol. The summed E-state index contributed by atoms with van der Waals surface area (Å²) >= 11 is 2.74. The molecule has 38 heavy (non-hydrogen) atoms. The second kappa shape index (κ2) is 12.6. The fourth-order valence-corrected chi connectivity index (χ4v) is 6.54. The predicted molar refractivity (Wildman–Crippen MR) is 141 cm³/mol. The average Bonchev–Trinajstić information content (AvgIpc) is 3.07. The van der Waals surface area contributed by atoms with E-state index in [4.69, 9.17) is 44.5 Å². The number of carbonyl (C=O) groups excluding carboxylic acids is 1. The van der Waals surface area contributed by atoms with Crippen molar-refractivity contribution >= 4 is 66.4 Å². The number of rotatable bonds is 4. The molecule has 5 heterocycles. The Morgan fingerprint density at radius 3 is 1.63 bits per heavy atom. The largest absolute Gasteiger partial charge is 0.459 e. The number of morpholine rings is 1. The minimum atomic E-state index is -4.67. The quantitative estimate of drug-likeness (QED) is 0.130. The molecule has 5 rings (SSSR count). The summed E-state index contributed by atoms with van der Waals surface area (Å²) in [6.07, 6.45) is 2.05. The summed E-state index contributed by atoms with van der Waals surface area (Å²) in [6, 6.07) is 8.01. The molecule has 19 heteroatoms. The topological polar surface area (TPSA) is 240 Å². The van der Waals surface area contributed by atoms with Crippen LogP contribution in [0.3, 0.4) is 0 Å². The first-order chi connectivity index (χ1) is 16.4. The Morgan fingerprint density at radius 2 is 1.32 bits per heavy atom. The number of epoxide rings is 1. The highest BCUT2D eigenvalue weighted by molar-refractivity contribution is 8.93. The van der Waals surface area contributed by atoms with Crippen LogP contribution in [0, 0.1) is 0 Å². The number of quaternary nitrogens is 1. The van der Waals surface area contributed by atoms with E-state index in [1.54, 1.807) is 12.1 Å². The van der Waals surface area contributed by atoms with Gasteiger partial charge in [-0.1, -0.05) is 12.1 Å². The van der Waals surface area contributed by atoms with Gasteiger partial charge >= 0.3 is 26.8 Å². The van der Waals surface area contributed by atoms with E-state index < -0.39 is 32.4 Å². The molecule has 2 bridgehead atoms. The van der Waals surface area contributed by atoms with Gasteiger partial charge in [0.05, 0.1) is 23.8 Å². The first-order valence-electron chi connectivity index (χ1n) is 10.3. The molecule has 3 saturated heterocycles. The lowest BCUT2D eigenvalue weighted by atomic mass is 9.95. The van der Waals surface area contributed by atoms with Gasteiger partial charge < -0.3 is 24.5 Å². The van der Waals surface area contributed by atoms with Crippen LogP contribution in [-0.4, -0.2) is 101 Å². The van der Waals surface area contributed by atoms with Gasteiger partial charge in [-0.3, -0.25) is 18.2 Å². The van der Waals surface area contributed by atoms with Crippen molar-refractivity contribution < 1.29 is 64.4 Å². The van der Waals surface area contributed by atoms with Crippen LogP contribution in [0.5, 0.6) is 0 Å². The first-order valence-corrected chi connectivity index (χ1v) is 14.9. The van der Waals surface area contributed by atoms with E-state index in [1.165, 1.54) is 22.7 Å². The summed E-state index contributed by atoms with van der Waals surface area (Å²) < 4.78 is 75.8. The van der Waals surface area contributed by atoms with Crippen molar-refractivity contribution in [3.05, 3.63) is 44.8 Å². The van der Waals surface area contributed by atoms with Gasteiger partial charge in [0.1, 0.15) is 30.4 Å².